The number of rotatable bonds is 7. The Balaban J connectivity index is 3.44. The summed E-state index contributed by atoms with van der Waals surface area (Å²) < 4.78 is 10.1. The second-order valence-electron chi connectivity index (χ2n) is 2.72. The lowest BCUT2D eigenvalue weighted by atomic mass is 10.3. The van der Waals surface area contributed by atoms with Crippen LogP contribution in [0.4, 0.5) is 0 Å². The SMILES string of the molecule is CC/C=C\C/C=C\CC(OC)OC. The van der Waals surface area contributed by atoms with Gasteiger partial charge in [-0.25, -0.2) is 0 Å². The third-order valence-electron chi connectivity index (χ3n) is 1.70. The van der Waals surface area contributed by atoms with Gasteiger partial charge in [0.05, 0.1) is 0 Å². The van der Waals surface area contributed by atoms with E-state index in [-0.39, 0.29) is 6.29 Å². The smallest absolute Gasteiger partial charge is 0.160 e. The summed E-state index contributed by atoms with van der Waals surface area (Å²) >= 11 is 0. The van der Waals surface area contributed by atoms with E-state index in [2.05, 4.69) is 31.2 Å². The molecule has 0 aliphatic carbocycles. The molecule has 2 nitrogen and oxygen atoms in total. The molecule has 0 radical (unpaired) electrons. The summed E-state index contributed by atoms with van der Waals surface area (Å²) in [7, 11) is 3.30. The average molecular weight is 184 g/mol. The van der Waals surface area contributed by atoms with Crippen molar-refractivity contribution in [2.75, 3.05) is 14.2 Å². The van der Waals surface area contributed by atoms with Crippen molar-refractivity contribution in [2.45, 2.75) is 32.5 Å². The molecule has 0 unspecified atom stereocenters. The van der Waals surface area contributed by atoms with E-state index >= 15 is 0 Å². The Morgan fingerprint density at radius 2 is 1.62 bits per heavy atom. The summed E-state index contributed by atoms with van der Waals surface area (Å²) in [5.41, 5.74) is 0. The van der Waals surface area contributed by atoms with E-state index in [0.29, 0.717) is 0 Å². The standard InChI is InChI=1S/C11H20O2/c1-4-5-6-7-8-9-10-11(12-2)13-3/h5-6,8-9,11H,4,7,10H2,1-3H3/b6-5-,9-8-. The number of methoxy groups -OCH3 is 2. The highest BCUT2D eigenvalue weighted by Crippen LogP contribution is 1.99. The highest BCUT2D eigenvalue weighted by atomic mass is 16.7. The molecule has 0 aromatic rings. The van der Waals surface area contributed by atoms with Crippen molar-refractivity contribution >= 4 is 0 Å². The first kappa shape index (κ1) is 12.4. The minimum atomic E-state index is -0.105. The number of hydrogen-bond donors (Lipinski definition) is 0. The van der Waals surface area contributed by atoms with Crippen LogP contribution < -0.4 is 0 Å². The minimum absolute atomic E-state index is 0.105. The Kier molecular flexibility index (Phi) is 9.05. The number of allylic oxidation sites excluding steroid dienone is 3. The monoisotopic (exact) mass is 184 g/mol. The summed E-state index contributed by atoms with van der Waals surface area (Å²) in [6.07, 6.45) is 11.3. The minimum Gasteiger partial charge on any atom is -0.356 e. The van der Waals surface area contributed by atoms with Gasteiger partial charge in [-0.2, -0.15) is 0 Å². The summed E-state index contributed by atoms with van der Waals surface area (Å²) in [5, 5.41) is 0. The summed E-state index contributed by atoms with van der Waals surface area (Å²) in [4.78, 5) is 0. The Labute approximate surface area is 81.2 Å². The zero-order chi connectivity index (χ0) is 9.94. The quantitative estimate of drug-likeness (QED) is 0.447. The summed E-state index contributed by atoms with van der Waals surface area (Å²) in [6.45, 7) is 2.13. The highest BCUT2D eigenvalue weighted by molar-refractivity contribution is 4.92. The fraction of sp³-hybridized carbons (Fsp3) is 0.636. The molecule has 0 saturated carbocycles. The van der Waals surface area contributed by atoms with Crippen molar-refractivity contribution in [1.29, 1.82) is 0 Å². The van der Waals surface area contributed by atoms with Crippen molar-refractivity contribution in [2.24, 2.45) is 0 Å². The van der Waals surface area contributed by atoms with Gasteiger partial charge in [0.15, 0.2) is 6.29 Å². The van der Waals surface area contributed by atoms with Gasteiger partial charge in [0.2, 0.25) is 0 Å². The van der Waals surface area contributed by atoms with Gasteiger partial charge >= 0.3 is 0 Å². The lowest BCUT2D eigenvalue weighted by Gasteiger charge is -2.09. The van der Waals surface area contributed by atoms with Gasteiger partial charge in [0.1, 0.15) is 0 Å². The van der Waals surface area contributed by atoms with Crippen LogP contribution in [0.15, 0.2) is 24.3 Å². The maximum Gasteiger partial charge on any atom is 0.160 e. The predicted octanol–water partition coefficient (Wildman–Crippen LogP) is 2.91. The number of ether oxygens (including phenoxy) is 2. The van der Waals surface area contributed by atoms with Gasteiger partial charge < -0.3 is 9.47 Å². The molecular formula is C11H20O2. The van der Waals surface area contributed by atoms with E-state index < -0.39 is 0 Å². The fourth-order valence-corrected chi connectivity index (χ4v) is 0.934. The maximum atomic E-state index is 5.04. The lowest BCUT2D eigenvalue weighted by Crippen LogP contribution is -2.10. The molecule has 2 heteroatoms. The van der Waals surface area contributed by atoms with Crippen LogP contribution in [0.2, 0.25) is 0 Å². The van der Waals surface area contributed by atoms with Gasteiger partial charge in [0, 0.05) is 20.6 Å². The molecule has 0 N–H and O–H groups in total. The first-order valence-electron chi connectivity index (χ1n) is 4.70. The Morgan fingerprint density at radius 1 is 1.00 bits per heavy atom. The zero-order valence-corrected chi connectivity index (χ0v) is 8.82. The lowest BCUT2D eigenvalue weighted by molar-refractivity contribution is -0.0986. The van der Waals surface area contributed by atoms with Crippen molar-refractivity contribution in [1.82, 2.24) is 0 Å². The Hall–Kier alpha value is -0.600. The molecule has 0 heterocycles. The van der Waals surface area contributed by atoms with Gasteiger partial charge in [0.25, 0.3) is 0 Å². The third-order valence-corrected chi connectivity index (χ3v) is 1.70. The van der Waals surface area contributed by atoms with Crippen LogP contribution in [0.3, 0.4) is 0 Å². The molecule has 76 valence electrons. The first-order chi connectivity index (χ1) is 6.35. The van der Waals surface area contributed by atoms with Crippen LogP contribution in [-0.4, -0.2) is 20.5 Å². The van der Waals surface area contributed by atoms with Crippen LogP contribution in [0.1, 0.15) is 26.2 Å². The largest absolute Gasteiger partial charge is 0.356 e. The van der Waals surface area contributed by atoms with E-state index in [0.717, 1.165) is 19.3 Å². The molecule has 0 rings (SSSR count). The molecule has 0 aliphatic rings. The van der Waals surface area contributed by atoms with Crippen molar-refractivity contribution in [3.8, 4) is 0 Å². The topological polar surface area (TPSA) is 18.5 Å². The molecule has 0 bridgehead atoms. The van der Waals surface area contributed by atoms with Crippen LogP contribution >= 0.6 is 0 Å². The summed E-state index contributed by atoms with van der Waals surface area (Å²) in [6, 6.07) is 0. The second kappa shape index (κ2) is 9.49. The molecule has 13 heavy (non-hydrogen) atoms. The van der Waals surface area contributed by atoms with Crippen LogP contribution in [0.25, 0.3) is 0 Å². The molecule has 0 spiro atoms. The molecule has 0 aliphatic heterocycles. The normalized spacial score (nSPS) is 12.3. The fourth-order valence-electron chi connectivity index (χ4n) is 0.934. The number of hydrogen-bond acceptors (Lipinski definition) is 2. The van der Waals surface area contributed by atoms with E-state index in [9.17, 15) is 0 Å². The van der Waals surface area contributed by atoms with Crippen LogP contribution in [-0.2, 0) is 9.47 Å². The van der Waals surface area contributed by atoms with Crippen LogP contribution in [0, 0.1) is 0 Å². The van der Waals surface area contributed by atoms with Crippen molar-refractivity contribution < 1.29 is 9.47 Å². The highest BCUT2D eigenvalue weighted by Gasteiger charge is 1.99. The van der Waals surface area contributed by atoms with Gasteiger partial charge in [-0.05, 0) is 12.8 Å². The third kappa shape index (κ3) is 7.75. The van der Waals surface area contributed by atoms with Crippen molar-refractivity contribution in [3.05, 3.63) is 24.3 Å². The predicted molar refractivity (Wildman–Crippen MR) is 55.6 cm³/mol. The Bertz CT molecular complexity index is 146. The second-order valence-corrected chi connectivity index (χ2v) is 2.72. The molecule has 0 aromatic heterocycles. The van der Waals surface area contributed by atoms with Gasteiger partial charge in [-0.1, -0.05) is 31.2 Å². The molecule has 0 saturated heterocycles. The van der Waals surface area contributed by atoms with Crippen molar-refractivity contribution in [3.63, 3.8) is 0 Å². The molecule has 0 aromatic carbocycles. The van der Waals surface area contributed by atoms with Gasteiger partial charge in [-0.3, -0.25) is 0 Å². The van der Waals surface area contributed by atoms with E-state index in [1.54, 1.807) is 14.2 Å². The Morgan fingerprint density at radius 3 is 2.15 bits per heavy atom. The molecule has 0 fully saturated rings. The molecule has 0 amide bonds. The zero-order valence-electron chi connectivity index (χ0n) is 8.82. The first-order valence-corrected chi connectivity index (χ1v) is 4.70. The van der Waals surface area contributed by atoms with E-state index in [1.165, 1.54) is 0 Å². The maximum absolute atomic E-state index is 5.04. The average Bonchev–Trinajstić information content (AvgIpc) is 2.17. The summed E-state index contributed by atoms with van der Waals surface area (Å²) in [5.74, 6) is 0. The van der Waals surface area contributed by atoms with E-state index in [4.69, 9.17) is 9.47 Å². The molecular weight excluding hydrogens is 164 g/mol. The van der Waals surface area contributed by atoms with Gasteiger partial charge in [-0.15, -0.1) is 0 Å². The van der Waals surface area contributed by atoms with E-state index in [1.807, 2.05) is 0 Å². The molecule has 0 atom stereocenters. The van der Waals surface area contributed by atoms with Crippen LogP contribution in [0.5, 0.6) is 0 Å².